The van der Waals surface area contributed by atoms with Crippen LogP contribution in [-0.4, -0.2) is 41.6 Å². The van der Waals surface area contributed by atoms with Gasteiger partial charge in [0.2, 0.25) is 0 Å². The lowest BCUT2D eigenvalue weighted by Crippen LogP contribution is -2.34. The number of aliphatic hydroxyl groups is 1. The predicted octanol–water partition coefficient (Wildman–Crippen LogP) is 3.06. The van der Waals surface area contributed by atoms with E-state index in [4.69, 9.17) is 11.6 Å². The molecule has 1 rings (SSSR count). The van der Waals surface area contributed by atoms with Gasteiger partial charge in [0.05, 0.1) is 6.10 Å². The lowest BCUT2D eigenvalue weighted by Gasteiger charge is -2.26. The summed E-state index contributed by atoms with van der Waals surface area (Å²) in [5, 5.41) is 10.8. The summed E-state index contributed by atoms with van der Waals surface area (Å²) < 4.78 is 0. The molecule has 0 saturated heterocycles. The average molecular weight is 274 g/mol. The van der Waals surface area contributed by atoms with E-state index in [1.165, 1.54) is 0 Å². The number of hydrogen-bond donors (Lipinski definition) is 1. The van der Waals surface area contributed by atoms with E-state index in [2.05, 4.69) is 18.1 Å². The van der Waals surface area contributed by atoms with E-state index in [-0.39, 0.29) is 0 Å². The summed E-state index contributed by atoms with van der Waals surface area (Å²) in [4.78, 5) is 2.18. The number of rotatable bonds is 6. The lowest BCUT2D eigenvalue weighted by atomic mass is 10.1. The molecular weight excluding hydrogens is 254 g/mol. The van der Waals surface area contributed by atoms with Gasteiger partial charge in [0.25, 0.3) is 0 Å². The number of thioether (sulfide) groups is 1. The smallest absolute Gasteiger partial charge is 0.0916 e. The Morgan fingerprint density at radius 2 is 1.94 bits per heavy atom. The molecule has 0 fully saturated rings. The van der Waals surface area contributed by atoms with Crippen molar-refractivity contribution < 1.29 is 5.11 Å². The zero-order valence-electron chi connectivity index (χ0n) is 10.6. The predicted molar refractivity (Wildman–Crippen MR) is 76.9 cm³/mol. The molecule has 2 nitrogen and oxygen atoms in total. The van der Waals surface area contributed by atoms with Crippen molar-refractivity contribution in [1.82, 2.24) is 4.90 Å². The SMILES string of the molecule is CSCC(C)N(C)CC(O)c1ccc(Cl)cc1. The molecule has 0 bridgehead atoms. The molecule has 0 aromatic heterocycles. The molecule has 0 heterocycles. The molecule has 1 aromatic rings. The van der Waals surface area contributed by atoms with Crippen LogP contribution in [-0.2, 0) is 0 Å². The van der Waals surface area contributed by atoms with Gasteiger partial charge in [-0.15, -0.1) is 0 Å². The van der Waals surface area contributed by atoms with Crippen molar-refractivity contribution in [2.45, 2.75) is 19.1 Å². The molecule has 2 unspecified atom stereocenters. The molecule has 0 saturated carbocycles. The maximum atomic E-state index is 10.1. The molecule has 0 radical (unpaired) electrons. The quantitative estimate of drug-likeness (QED) is 0.862. The number of benzene rings is 1. The van der Waals surface area contributed by atoms with Crippen LogP contribution in [0.2, 0.25) is 5.02 Å². The zero-order valence-corrected chi connectivity index (χ0v) is 12.1. The summed E-state index contributed by atoms with van der Waals surface area (Å²) in [6.07, 6.45) is 1.64. The fourth-order valence-corrected chi connectivity index (χ4v) is 2.47. The molecule has 0 aliphatic heterocycles. The molecule has 1 aromatic carbocycles. The highest BCUT2D eigenvalue weighted by atomic mass is 35.5. The molecule has 2 atom stereocenters. The largest absolute Gasteiger partial charge is 0.387 e. The maximum absolute atomic E-state index is 10.1. The number of halogens is 1. The van der Waals surface area contributed by atoms with E-state index in [1.54, 1.807) is 0 Å². The Morgan fingerprint density at radius 1 is 1.35 bits per heavy atom. The third kappa shape index (κ3) is 4.88. The number of hydrogen-bond acceptors (Lipinski definition) is 3. The van der Waals surface area contributed by atoms with Crippen molar-refractivity contribution in [1.29, 1.82) is 0 Å². The Bertz CT molecular complexity index is 331. The molecule has 0 spiro atoms. The van der Waals surface area contributed by atoms with Gasteiger partial charge in [-0.3, -0.25) is 4.90 Å². The zero-order chi connectivity index (χ0) is 12.8. The summed E-state index contributed by atoms with van der Waals surface area (Å²) in [7, 11) is 2.04. The van der Waals surface area contributed by atoms with Crippen LogP contribution in [0.25, 0.3) is 0 Å². The fraction of sp³-hybridized carbons (Fsp3) is 0.538. The van der Waals surface area contributed by atoms with Crippen molar-refractivity contribution in [3.63, 3.8) is 0 Å². The molecule has 1 N–H and O–H groups in total. The van der Waals surface area contributed by atoms with Crippen LogP contribution in [0.4, 0.5) is 0 Å². The Morgan fingerprint density at radius 3 is 2.47 bits per heavy atom. The highest BCUT2D eigenvalue weighted by Crippen LogP contribution is 2.18. The Kier molecular flexibility index (Phi) is 6.34. The third-order valence-corrected chi connectivity index (χ3v) is 3.94. The minimum atomic E-state index is -0.457. The lowest BCUT2D eigenvalue weighted by molar-refractivity contribution is 0.113. The van der Waals surface area contributed by atoms with Crippen LogP contribution in [0, 0.1) is 0 Å². The standard InChI is InChI=1S/C13H20ClNOS/c1-10(9-17-3)15(2)8-13(16)11-4-6-12(14)7-5-11/h4-7,10,13,16H,8-9H2,1-3H3. The highest BCUT2D eigenvalue weighted by molar-refractivity contribution is 7.98. The second kappa shape index (κ2) is 7.27. The Balaban J connectivity index is 2.53. The van der Waals surface area contributed by atoms with Crippen molar-refractivity contribution in [3.8, 4) is 0 Å². The molecule has 17 heavy (non-hydrogen) atoms. The average Bonchev–Trinajstić information content (AvgIpc) is 2.30. The molecule has 96 valence electrons. The van der Waals surface area contributed by atoms with Crippen LogP contribution in [0.5, 0.6) is 0 Å². The molecular formula is C13H20ClNOS. The number of likely N-dealkylation sites (N-methyl/N-ethyl adjacent to an activating group) is 1. The Labute approximate surface area is 113 Å². The molecule has 0 amide bonds. The first kappa shape index (κ1) is 14.8. The summed E-state index contributed by atoms with van der Waals surface area (Å²) in [5.74, 6) is 1.07. The van der Waals surface area contributed by atoms with E-state index in [0.29, 0.717) is 17.6 Å². The van der Waals surface area contributed by atoms with Gasteiger partial charge in [-0.1, -0.05) is 23.7 Å². The second-order valence-corrected chi connectivity index (χ2v) is 5.66. The summed E-state index contributed by atoms with van der Waals surface area (Å²) >= 11 is 7.64. The summed E-state index contributed by atoms with van der Waals surface area (Å²) in [6.45, 7) is 2.81. The van der Waals surface area contributed by atoms with Crippen molar-refractivity contribution in [2.75, 3.05) is 25.6 Å². The monoisotopic (exact) mass is 273 g/mol. The molecule has 0 aliphatic rings. The fourth-order valence-electron chi connectivity index (χ4n) is 1.61. The Hall–Kier alpha value is -0.220. The van der Waals surface area contributed by atoms with Crippen molar-refractivity contribution >= 4 is 23.4 Å². The van der Waals surface area contributed by atoms with E-state index in [9.17, 15) is 5.11 Å². The minimum absolute atomic E-state index is 0.457. The van der Waals surface area contributed by atoms with E-state index >= 15 is 0 Å². The summed E-state index contributed by atoms with van der Waals surface area (Å²) in [6, 6.07) is 7.84. The molecule has 4 heteroatoms. The van der Waals surface area contributed by atoms with Gasteiger partial charge in [-0.05, 0) is 37.9 Å². The normalized spacial score (nSPS) is 14.9. The summed E-state index contributed by atoms with van der Waals surface area (Å²) in [5.41, 5.74) is 0.914. The van der Waals surface area contributed by atoms with Crippen LogP contribution in [0.1, 0.15) is 18.6 Å². The first-order valence-corrected chi connectivity index (χ1v) is 7.44. The van der Waals surface area contributed by atoms with Gasteiger partial charge >= 0.3 is 0 Å². The van der Waals surface area contributed by atoms with E-state index < -0.39 is 6.10 Å². The van der Waals surface area contributed by atoms with E-state index in [0.717, 1.165) is 11.3 Å². The highest BCUT2D eigenvalue weighted by Gasteiger charge is 2.14. The van der Waals surface area contributed by atoms with Crippen LogP contribution >= 0.6 is 23.4 Å². The van der Waals surface area contributed by atoms with Gasteiger partial charge in [0.1, 0.15) is 0 Å². The first-order valence-electron chi connectivity index (χ1n) is 5.67. The van der Waals surface area contributed by atoms with Gasteiger partial charge in [-0.25, -0.2) is 0 Å². The maximum Gasteiger partial charge on any atom is 0.0916 e. The number of aliphatic hydroxyl groups excluding tert-OH is 1. The van der Waals surface area contributed by atoms with Crippen LogP contribution in [0.15, 0.2) is 24.3 Å². The number of nitrogens with zero attached hydrogens (tertiary/aromatic N) is 1. The van der Waals surface area contributed by atoms with Crippen LogP contribution in [0.3, 0.4) is 0 Å². The topological polar surface area (TPSA) is 23.5 Å². The first-order chi connectivity index (χ1) is 8.04. The van der Waals surface area contributed by atoms with Gasteiger partial charge in [0.15, 0.2) is 0 Å². The van der Waals surface area contributed by atoms with Gasteiger partial charge < -0.3 is 5.11 Å². The van der Waals surface area contributed by atoms with Crippen molar-refractivity contribution in [3.05, 3.63) is 34.9 Å². The third-order valence-electron chi connectivity index (χ3n) is 2.88. The molecule has 0 aliphatic carbocycles. The minimum Gasteiger partial charge on any atom is -0.387 e. The van der Waals surface area contributed by atoms with Gasteiger partial charge in [-0.2, -0.15) is 11.8 Å². The second-order valence-electron chi connectivity index (χ2n) is 4.31. The van der Waals surface area contributed by atoms with E-state index in [1.807, 2.05) is 43.1 Å². The van der Waals surface area contributed by atoms with Crippen LogP contribution < -0.4 is 0 Å². The van der Waals surface area contributed by atoms with Gasteiger partial charge in [0, 0.05) is 23.4 Å². The van der Waals surface area contributed by atoms with Crippen molar-refractivity contribution in [2.24, 2.45) is 0 Å².